The van der Waals surface area contributed by atoms with Crippen LogP contribution in [0.3, 0.4) is 0 Å². The predicted molar refractivity (Wildman–Crippen MR) is 109 cm³/mol. The second-order valence-electron chi connectivity index (χ2n) is 6.27. The van der Waals surface area contributed by atoms with E-state index < -0.39 is 33.2 Å². The summed E-state index contributed by atoms with van der Waals surface area (Å²) in [6.45, 7) is 4.85. The Morgan fingerprint density at radius 2 is 1.62 bits per heavy atom. The number of thioether (sulfide) groups is 1. The van der Waals surface area contributed by atoms with Crippen LogP contribution in [-0.4, -0.2) is 19.8 Å². The number of amides is 1. The van der Waals surface area contributed by atoms with Crippen molar-refractivity contribution in [2.24, 2.45) is 0 Å². The molecule has 0 radical (unpaired) electrons. The molecule has 0 saturated carbocycles. The number of anilines is 1. The minimum absolute atomic E-state index is 0.0533. The first-order chi connectivity index (χ1) is 13.5. The third kappa shape index (κ3) is 5.86. The third-order valence-corrected chi connectivity index (χ3v) is 6.49. The van der Waals surface area contributed by atoms with E-state index in [4.69, 9.17) is 0 Å². The molecule has 9 heteroatoms. The van der Waals surface area contributed by atoms with Gasteiger partial charge in [0.25, 0.3) is 15.9 Å². The Hall–Kier alpha value is -2.26. The van der Waals surface area contributed by atoms with Crippen LogP contribution in [0.15, 0.2) is 64.4 Å². The van der Waals surface area contributed by atoms with Crippen molar-refractivity contribution >= 4 is 33.4 Å². The maximum absolute atomic E-state index is 13.2. The van der Waals surface area contributed by atoms with E-state index in [1.54, 1.807) is 31.2 Å². The van der Waals surface area contributed by atoms with Crippen LogP contribution in [0.2, 0.25) is 0 Å². The Morgan fingerprint density at radius 3 is 2.10 bits per heavy atom. The van der Waals surface area contributed by atoms with Crippen LogP contribution in [0.5, 0.6) is 0 Å². The van der Waals surface area contributed by atoms with Gasteiger partial charge < -0.3 is 0 Å². The summed E-state index contributed by atoms with van der Waals surface area (Å²) in [5.41, 5.74) is -3.12. The first kappa shape index (κ1) is 23.0. The fourth-order valence-corrected chi connectivity index (χ4v) is 4.28. The molecule has 0 unspecified atom stereocenters. The Labute approximate surface area is 172 Å². The van der Waals surface area contributed by atoms with Gasteiger partial charge >= 0.3 is 5.51 Å². The van der Waals surface area contributed by atoms with Crippen LogP contribution in [0.25, 0.3) is 0 Å². The number of benzene rings is 2. The zero-order valence-electron chi connectivity index (χ0n) is 16.0. The highest BCUT2D eigenvalue weighted by Crippen LogP contribution is 2.33. The number of halogens is 3. The van der Waals surface area contributed by atoms with Gasteiger partial charge in [0.05, 0.1) is 10.6 Å². The molecular weight excluding hydrogens is 423 g/mol. The summed E-state index contributed by atoms with van der Waals surface area (Å²) >= 11 is -0.507. The van der Waals surface area contributed by atoms with Crippen molar-refractivity contribution < 1.29 is 26.4 Å². The number of hydrogen-bond acceptors (Lipinski definition) is 4. The van der Waals surface area contributed by atoms with Crippen molar-refractivity contribution in [3.8, 4) is 0 Å². The molecule has 0 heterocycles. The van der Waals surface area contributed by atoms with Gasteiger partial charge in [-0.15, -0.1) is 0 Å². The molecule has 1 amide bonds. The standard InChI is InChI=1S/C20H20F3NO3S2/c1-4-16-7-9-17(10-8-16)24(19(25)15(3)13-28-20(21,22)23)29(26,27)18-11-5-14(2)6-12-18/h5-13H,4H2,1-3H3. The first-order valence-electron chi connectivity index (χ1n) is 8.62. The summed E-state index contributed by atoms with van der Waals surface area (Å²) in [6, 6.07) is 12.1. The van der Waals surface area contributed by atoms with Gasteiger partial charge in [-0.2, -0.15) is 17.5 Å². The van der Waals surface area contributed by atoms with Crippen LogP contribution in [-0.2, 0) is 21.2 Å². The molecule has 0 fully saturated rings. The smallest absolute Gasteiger partial charge is 0.268 e. The molecule has 2 aromatic rings. The van der Waals surface area contributed by atoms with Crippen LogP contribution in [0.4, 0.5) is 18.9 Å². The van der Waals surface area contributed by atoms with Gasteiger partial charge in [-0.3, -0.25) is 4.79 Å². The molecule has 4 nitrogen and oxygen atoms in total. The largest absolute Gasteiger partial charge is 0.445 e. The van der Waals surface area contributed by atoms with E-state index in [1.807, 2.05) is 6.92 Å². The van der Waals surface area contributed by atoms with Gasteiger partial charge in [0.1, 0.15) is 0 Å². The molecule has 0 atom stereocenters. The lowest BCUT2D eigenvalue weighted by Crippen LogP contribution is -2.37. The lowest BCUT2D eigenvalue weighted by atomic mass is 10.1. The summed E-state index contributed by atoms with van der Waals surface area (Å²) in [6.07, 6.45) is 0.708. The summed E-state index contributed by atoms with van der Waals surface area (Å²) in [5.74, 6) is -1.05. The second-order valence-corrected chi connectivity index (χ2v) is 8.99. The Balaban J connectivity index is 2.56. The number of alkyl halides is 3. The monoisotopic (exact) mass is 443 g/mol. The van der Waals surface area contributed by atoms with Crippen LogP contribution < -0.4 is 4.31 Å². The zero-order chi connectivity index (χ0) is 21.8. The number of carbonyl (C=O) groups is 1. The topological polar surface area (TPSA) is 54.5 Å². The SMILES string of the molecule is CCc1ccc(N(C(=O)C(C)=CSC(F)(F)F)S(=O)(=O)c2ccc(C)cc2)cc1. The highest BCUT2D eigenvalue weighted by atomic mass is 32.2. The van der Waals surface area contributed by atoms with E-state index in [9.17, 15) is 26.4 Å². The molecule has 2 aromatic carbocycles. The molecule has 0 saturated heterocycles. The molecule has 2 rings (SSSR count). The number of hydrogen-bond donors (Lipinski definition) is 0. The lowest BCUT2D eigenvalue weighted by molar-refractivity contribution is -0.114. The summed E-state index contributed by atoms with van der Waals surface area (Å²) in [7, 11) is -4.34. The van der Waals surface area contributed by atoms with Gasteiger partial charge in [-0.1, -0.05) is 36.8 Å². The minimum atomic E-state index is -4.58. The summed E-state index contributed by atoms with van der Waals surface area (Å²) < 4.78 is 64.4. The third-order valence-electron chi connectivity index (χ3n) is 4.03. The molecule has 0 aromatic heterocycles. The Bertz CT molecular complexity index is 997. The fraction of sp³-hybridized carbons (Fsp3) is 0.250. The number of carbonyl (C=O) groups excluding carboxylic acids is 1. The molecule has 0 bridgehead atoms. The summed E-state index contributed by atoms with van der Waals surface area (Å²) in [4.78, 5) is 12.8. The van der Waals surface area contributed by atoms with Crippen molar-refractivity contribution in [3.05, 3.63) is 70.6 Å². The van der Waals surface area contributed by atoms with Crippen molar-refractivity contribution in [1.82, 2.24) is 0 Å². The van der Waals surface area contributed by atoms with E-state index in [0.717, 1.165) is 18.1 Å². The van der Waals surface area contributed by atoms with Gasteiger partial charge in [-0.25, -0.2) is 8.42 Å². The van der Waals surface area contributed by atoms with Crippen LogP contribution in [0, 0.1) is 6.92 Å². The number of nitrogens with zero attached hydrogens (tertiary/aromatic N) is 1. The van der Waals surface area contributed by atoms with Crippen molar-refractivity contribution in [3.63, 3.8) is 0 Å². The molecule has 29 heavy (non-hydrogen) atoms. The molecule has 156 valence electrons. The molecule has 0 N–H and O–H groups in total. The predicted octanol–water partition coefficient (Wildman–Crippen LogP) is 5.44. The maximum Gasteiger partial charge on any atom is 0.445 e. The zero-order valence-corrected chi connectivity index (χ0v) is 17.7. The normalized spacial score (nSPS) is 12.7. The van der Waals surface area contributed by atoms with Gasteiger partial charge in [0.15, 0.2) is 0 Å². The lowest BCUT2D eigenvalue weighted by Gasteiger charge is -2.23. The Morgan fingerprint density at radius 1 is 1.07 bits per heavy atom. The minimum Gasteiger partial charge on any atom is -0.268 e. The van der Waals surface area contributed by atoms with Crippen LogP contribution in [0.1, 0.15) is 25.0 Å². The second kappa shape index (κ2) is 9.04. The van der Waals surface area contributed by atoms with E-state index in [2.05, 4.69) is 0 Å². The van der Waals surface area contributed by atoms with Crippen LogP contribution >= 0.6 is 11.8 Å². The highest BCUT2D eigenvalue weighted by molar-refractivity contribution is 8.03. The van der Waals surface area contributed by atoms with Gasteiger partial charge in [-0.05, 0) is 67.3 Å². The average Bonchev–Trinajstić information content (AvgIpc) is 2.66. The number of rotatable bonds is 6. The summed E-state index contributed by atoms with van der Waals surface area (Å²) in [5, 5.41) is 0.612. The first-order valence-corrected chi connectivity index (χ1v) is 10.9. The fourth-order valence-electron chi connectivity index (χ4n) is 2.41. The van der Waals surface area contributed by atoms with E-state index in [0.29, 0.717) is 16.1 Å². The maximum atomic E-state index is 13.2. The number of sulfonamides is 1. The molecule has 0 aliphatic carbocycles. The van der Waals surface area contributed by atoms with Crippen molar-refractivity contribution in [2.75, 3.05) is 4.31 Å². The van der Waals surface area contributed by atoms with E-state index >= 15 is 0 Å². The average molecular weight is 444 g/mol. The van der Waals surface area contributed by atoms with E-state index in [1.165, 1.54) is 24.3 Å². The quantitative estimate of drug-likeness (QED) is 0.558. The number of aryl methyl sites for hydroxylation is 2. The molecular formula is C20H20F3NO3S2. The van der Waals surface area contributed by atoms with Gasteiger partial charge in [0.2, 0.25) is 0 Å². The molecule has 0 aliphatic rings. The molecule has 0 spiro atoms. The van der Waals surface area contributed by atoms with Crippen molar-refractivity contribution in [2.45, 2.75) is 37.6 Å². The van der Waals surface area contributed by atoms with E-state index in [-0.39, 0.29) is 16.2 Å². The van der Waals surface area contributed by atoms with Gasteiger partial charge in [0, 0.05) is 5.57 Å². The Kier molecular flexibility index (Phi) is 7.18. The highest BCUT2D eigenvalue weighted by Gasteiger charge is 2.33. The van der Waals surface area contributed by atoms with Crippen molar-refractivity contribution in [1.29, 1.82) is 0 Å². The molecule has 0 aliphatic heterocycles.